The number of nitrogens with zero attached hydrogens (tertiary/aromatic N) is 5. The Morgan fingerprint density at radius 2 is 2.18 bits per heavy atom. The van der Waals surface area contributed by atoms with E-state index in [1.165, 1.54) is 0 Å². The number of aromatic nitrogens is 3. The Morgan fingerprint density at radius 3 is 2.77 bits per heavy atom. The minimum absolute atomic E-state index is 0.129. The first kappa shape index (κ1) is 17.4. The summed E-state index contributed by atoms with van der Waals surface area (Å²) in [7, 11) is 1.73. The van der Waals surface area contributed by atoms with Crippen molar-refractivity contribution >= 4 is 47.0 Å². The fraction of sp³-hybridized carbons (Fsp3) is 0.692. The van der Waals surface area contributed by atoms with Gasteiger partial charge in [0.15, 0.2) is 0 Å². The number of rotatable bonds is 5. The molecule has 1 aliphatic heterocycles. The molecule has 9 heteroatoms. The SMILES string of the molecule is CNc1nc(Cl)nc(N2C(CCSC)SC(C)(C)C2C#N)n1. The molecule has 0 aromatic carbocycles. The van der Waals surface area contributed by atoms with Gasteiger partial charge < -0.3 is 10.2 Å². The molecule has 120 valence electrons. The minimum Gasteiger partial charge on any atom is -0.357 e. The van der Waals surface area contributed by atoms with E-state index < -0.39 is 0 Å². The minimum atomic E-state index is -0.312. The van der Waals surface area contributed by atoms with Crippen molar-refractivity contribution in [2.45, 2.75) is 36.4 Å². The molecule has 1 fully saturated rings. The van der Waals surface area contributed by atoms with Gasteiger partial charge in [0.25, 0.3) is 0 Å². The van der Waals surface area contributed by atoms with Gasteiger partial charge in [-0.15, -0.1) is 11.8 Å². The zero-order valence-corrected chi connectivity index (χ0v) is 15.4. The second-order valence-corrected chi connectivity index (χ2v) is 8.53. The first-order valence-corrected chi connectivity index (χ1v) is 9.52. The molecule has 6 nitrogen and oxygen atoms in total. The van der Waals surface area contributed by atoms with Gasteiger partial charge in [0, 0.05) is 11.8 Å². The van der Waals surface area contributed by atoms with Gasteiger partial charge in [-0.05, 0) is 43.9 Å². The lowest BCUT2D eigenvalue weighted by Crippen LogP contribution is -2.42. The second-order valence-electron chi connectivity index (χ2n) is 5.37. The van der Waals surface area contributed by atoms with E-state index in [-0.39, 0.29) is 21.4 Å². The number of nitriles is 1. The van der Waals surface area contributed by atoms with Gasteiger partial charge >= 0.3 is 0 Å². The molecule has 0 amide bonds. The molecule has 2 heterocycles. The topological polar surface area (TPSA) is 77.7 Å². The molecule has 0 saturated carbocycles. The van der Waals surface area contributed by atoms with Crippen molar-refractivity contribution in [3.63, 3.8) is 0 Å². The van der Waals surface area contributed by atoms with Crippen molar-refractivity contribution in [1.29, 1.82) is 5.26 Å². The molecule has 0 radical (unpaired) electrons. The van der Waals surface area contributed by atoms with Gasteiger partial charge in [-0.1, -0.05) is 0 Å². The number of nitrogens with one attached hydrogen (secondary N) is 1. The van der Waals surface area contributed by atoms with E-state index in [0.717, 1.165) is 12.2 Å². The highest BCUT2D eigenvalue weighted by Crippen LogP contribution is 2.46. The summed E-state index contributed by atoms with van der Waals surface area (Å²) < 4.78 is -0.198. The summed E-state index contributed by atoms with van der Waals surface area (Å²) in [5.74, 6) is 1.88. The molecular weight excluding hydrogens is 340 g/mol. The van der Waals surface area contributed by atoms with Crippen LogP contribution in [0.15, 0.2) is 0 Å². The summed E-state index contributed by atoms with van der Waals surface area (Å²) in [6.45, 7) is 4.17. The molecule has 1 N–H and O–H groups in total. The molecule has 0 aliphatic carbocycles. The molecule has 2 rings (SSSR count). The maximum atomic E-state index is 9.64. The van der Waals surface area contributed by atoms with Crippen LogP contribution in [0.2, 0.25) is 5.28 Å². The highest BCUT2D eigenvalue weighted by Gasteiger charge is 2.48. The largest absolute Gasteiger partial charge is 0.357 e. The lowest BCUT2D eigenvalue weighted by Gasteiger charge is -2.28. The van der Waals surface area contributed by atoms with Crippen LogP contribution in [0.4, 0.5) is 11.9 Å². The molecule has 0 spiro atoms. The van der Waals surface area contributed by atoms with E-state index in [0.29, 0.717) is 11.9 Å². The van der Waals surface area contributed by atoms with Crippen molar-refractivity contribution in [2.75, 3.05) is 29.3 Å². The summed E-state index contributed by atoms with van der Waals surface area (Å²) in [5.41, 5.74) is 0. The molecule has 2 atom stereocenters. The van der Waals surface area contributed by atoms with Gasteiger partial charge in [0.05, 0.1) is 11.4 Å². The van der Waals surface area contributed by atoms with Crippen molar-refractivity contribution in [3.8, 4) is 6.07 Å². The quantitative estimate of drug-likeness (QED) is 0.860. The van der Waals surface area contributed by atoms with Crippen LogP contribution in [0.3, 0.4) is 0 Å². The Hall–Kier alpha value is -0.910. The number of thioether (sulfide) groups is 2. The molecular formula is C13H19ClN6S2. The zero-order chi connectivity index (χ0) is 16.3. The summed E-state index contributed by atoms with van der Waals surface area (Å²) in [6, 6.07) is 2.09. The van der Waals surface area contributed by atoms with E-state index in [1.54, 1.807) is 30.6 Å². The van der Waals surface area contributed by atoms with E-state index in [2.05, 4.69) is 46.4 Å². The monoisotopic (exact) mass is 358 g/mol. The Labute approximate surface area is 144 Å². The highest BCUT2D eigenvalue weighted by atomic mass is 35.5. The third kappa shape index (κ3) is 3.53. The van der Waals surface area contributed by atoms with Gasteiger partial charge in [-0.2, -0.15) is 32.0 Å². The normalized spacial score (nSPS) is 23.4. The molecule has 22 heavy (non-hydrogen) atoms. The highest BCUT2D eigenvalue weighted by molar-refractivity contribution is 8.01. The van der Waals surface area contributed by atoms with Gasteiger partial charge in [-0.3, -0.25) is 0 Å². The summed E-state index contributed by atoms with van der Waals surface area (Å²) in [6.07, 6.45) is 3.03. The average molecular weight is 359 g/mol. The van der Waals surface area contributed by atoms with Gasteiger partial charge in [0.2, 0.25) is 17.2 Å². The van der Waals surface area contributed by atoms with Crippen molar-refractivity contribution < 1.29 is 0 Å². The number of anilines is 2. The summed E-state index contributed by atoms with van der Waals surface area (Å²) >= 11 is 9.58. The van der Waals surface area contributed by atoms with Crippen molar-refractivity contribution in [3.05, 3.63) is 5.28 Å². The van der Waals surface area contributed by atoms with Crippen LogP contribution < -0.4 is 10.2 Å². The fourth-order valence-electron chi connectivity index (χ4n) is 2.42. The van der Waals surface area contributed by atoms with Crippen molar-refractivity contribution in [2.24, 2.45) is 0 Å². The number of halogens is 1. The fourth-order valence-corrected chi connectivity index (χ4v) is 4.74. The Balaban J connectivity index is 2.42. The molecule has 1 aromatic rings. The first-order valence-electron chi connectivity index (χ1n) is 6.87. The molecule has 2 unspecified atom stereocenters. The predicted molar refractivity (Wildman–Crippen MR) is 94.7 cm³/mol. The Morgan fingerprint density at radius 1 is 1.45 bits per heavy atom. The zero-order valence-electron chi connectivity index (χ0n) is 13.0. The summed E-state index contributed by atoms with van der Waals surface area (Å²) in [5, 5.41) is 12.8. The van der Waals surface area contributed by atoms with Crippen LogP contribution in [-0.4, -0.2) is 50.2 Å². The van der Waals surface area contributed by atoms with Gasteiger partial charge in [0.1, 0.15) is 6.04 Å². The van der Waals surface area contributed by atoms with Crippen LogP contribution in [0.25, 0.3) is 0 Å². The van der Waals surface area contributed by atoms with Crippen LogP contribution in [0.1, 0.15) is 20.3 Å². The third-order valence-corrected chi connectivity index (χ3v) is 5.81. The lowest BCUT2D eigenvalue weighted by molar-refractivity contribution is 0.588. The first-order chi connectivity index (χ1) is 10.4. The number of hydrogen-bond donors (Lipinski definition) is 1. The van der Waals surface area contributed by atoms with E-state index in [4.69, 9.17) is 11.6 Å². The third-order valence-electron chi connectivity index (χ3n) is 3.43. The van der Waals surface area contributed by atoms with E-state index >= 15 is 0 Å². The average Bonchev–Trinajstić information content (AvgIpc) is 2.74. The molecule has 1 aliphatic rings. The van der Waals surface area contributed by atoms with E-state index in [9.17, 15) is 5.26 Å². The standard InChI is InChI=1S/C13H19ClN6S2/c1-13(2)8(7-15)20(9(22-13)5-6-21-4)12-18-10(14)17-11(16-3)19-12/h8-9H,5-6H2,1-4H3,(H,16,17,18,19). The molecule has 1 aromatic heterocycles. The van der Waals surface area contributed by atoms with Crippen LogP contribution in [0.5, 0.6) is 0 Å². The van der Waals surface area contributed by atoms with Crippen LogP contribution >= 0.6 is 35.1 Å². The van der Waals surface area contributed by atoms with Gasteiger partial charge in [-0.25, -0.2) is 0 Å². The lowest BCUT2D eigenvalue weighted by atomic mass is 10.0. The van der Waals surface area contributed by atoms with Crippen LogP contribution in [-0.2, 0) is 0 Å². The molecule has 1 saturated heterocycles. The predicted octanol–water partition coefficient (Wildman–Crippen LogP) is 2.87. The Kier molecular flexibility index (Phi) is 5.64. The Bertz CT molecular complexity index is 576. The molecule has 0 bridgehead atoms. The van der Waals surface area contributed by atoms with Crippen LogP contribution in [0, 0.1) is 11.3 Å². The smallest absolute Gasteiger partial charge is 0.233 e. The van der Waals surface area contributed by atoms with E-state index in [1.807, 2.05) is 4.90 Å². The summed E-state index contributed by atoms with van der Waals surface area (Å²) in [4.78, 5) is 14.6. The van der Waals surface area contributed by atoms with Crippen molar-refractivity contribution in [1.82, 2.24) is 15.0 Å². The maximum Gasteiger partial charge on any atom is 0.233 e. The maximum absolute atomic E-state index is 9.64. The second kappa shape index (κ2) is 7.11. The number of hydrogen-bond acceptors (Lipinski definition) is 8.